The molecule has 0 bridgehead atoms. The number of Topliss-reactive ketones (excluding diaryl/α,β-unsaturated/α-hetero) is 1. The Hall–Kier alpha value is -2.61. The summed E-state index contributed by atoms with van der Waals surface area (Å²) >= 11 is 0. The smallest absolute Gasteiger partial charge is 0.422 e. The Morgan fingerprint density at radius 3 is 2.05 bits per heavy atom. The topological polar surface area (TPSA) is 55.8 Å². The van der Waals surface area contributed by atoms with Gasteiger partial charge in [0, 0.05) is 12.0 Å². The van der Waals surface area contributed by atoms with Gasteiger partial charge in [0.2, 0.25) is 0 Å². The van der Waals surface area contributed by atoms with E-state index in [0.717, 1.165) is 5.56 Å². The SMILES string of the molecule is CC(=O)C1CCC(O)(COc2cccc(F)c2)CC1.CCCCC.Cc1ccc(OCC(F)(F)F)cc1. The quantitative estimate of drug-likeness (QED) is 0.355. The molecule has 0 saturated heterocycles. The Bertz CT molecular complexity index is 903. The molecule has 1 N–H and O–H groups in total. The van der Waals surface area contributed by atoms with Gasteiger partial charge in [-0.2, -0.15) is 13.2 Å². The molecule has 0 aliphatic heterocycles. The van der Waals surface area contributed by atoms with E-state index in [4.69, 9.17) is 4.74 Å². The summed E-state index contributed by atoms with van der Waals surface area (Å²) in [7, 11) is 0. The lowest BCUT2D eigenvalue weighted by atomic mass is 9.78. The molecule has 208 valence electrons. The van der Waals surface area contributed by atoms with Crippen LogP contribution in [0.4, 0.5) is 17.6 Å². The first-order chi connectivity index (χ1) is 17.4. The van der Waals surface area contributed by atoms with Crippen LogP contribution in [0.3, 0.4) is 0 Å². The molecule has 37 heavy (non-hydrogen) atoms. The van der Waals surface area contributed by atoms with Crippen molar-refractivity contribution in [3.8, 4) is 11.5 Å². The summed E-state index contributed by atoms with van der Waals surface area (Å²) in [4.78, 5) is 11.3. The van der Waals surface area contributed by atoms with Gasteiger partial charge in [0.05, 0.1) is 5.60 Å². The molecule has 4 nitrogen and oxygen atoms in total. The summed E-state index contributed by atoms with van der Waals surface area (Å²) in [6.45, 7) is 6.77. The van der Waals surface area contributed by atoms with Gasteiger partial charge in [-0.1, -0.05) is 56.9 Å². The highest BCUT2D eigenvalue weighted by Crippen LogP contribution is 2.33. The third-order valence-corrected chi connectivity index (χ3v) is 5.93. The normalized spacial score (nSPS) is 19.0. The maximum absolute atomic E-state index is 13.0. The van der Waals surface area contributed by atoms with Gasteiger partial charge in [-0.25, -0.2) is 4.39 Å². The number of halogens is 4. The monoisotopic (exact) mass is 528 g/mol. The van der Waals surface area contributed by atoms with Crippen LogP contribution in [-0.4, -0.2) is 35.9 Å². The van der Waals surface area contributed by atoms with Gasteiger partial charge in [-0.05, 0) is 63.8 Å². The van der Waals surface area contributed by atoms with Gasteiger partial charge in [0.25, 0.3) is 0 Å². The largest absolute Gasteiger partial charge is 0.490 e. The molecule has 0 unspecified atom stereocenters. The maximum atomic E-state index is 13.0. The number of ketones is 1. The molecule has 1 aliphatic carbocycles. The van der Waals surface area contributed by atoms with Crippen LogP contribution in [0.15, 0.2) is 48.5 Å². The average Bonchev–Trinajstić information content (AvgIpc) is 2.84. The van der Waals surface area contributed by atoms with E-state index in [-0.39, 0.29) is 29.9 Å². The first-order valence-corrected chi connectivity index (χ1v) is 12.7. The van der Waals surface area contributed by atoms with Gasteiger partial charge in [0.1, 0.15) is 29.7 Å². The van der Waals surface area contributed by atoms with Crippen molar-refractivity contribution in [1.29, 1.82) is 0 Å². The number of carbonyl (C=O) groups excluding carboxylic acids is 1. The predicted molar refractivity (Wildman–Crippen MR) is 137 cm³/mol. The van der Waals surface area contributed by atoms with E-state index in [2.05, 4.69) is 18.6 Å². The zero-order valence-electron chi connectivity index (χ0n) is 22.2. The lowest BCUT2D eigenvalue weighted by Crippen LogP contribution is -2.40. The average molecular weight is 529 g/mol. The molecule has 0 spiro atoms. The van der Waals surface area contributed by atoms with E-state index in [9.17, 15) is 27.5 Å². The lowest BCUT2D eigenvalue weighted by Gasteiger charge is -2.34. The van der Waals surface area contributed by atoms with E-state index in [1.54, 1.807) is 31.2 Å². The molecule has 2 aromatic carbocycles. The molecule has 8 heteroatoms. The molecule has 0 aromatic heterocycles. The van der Waals surface area contributed by atoms with E-state index in [1.807, 2.05) is 6.92 Å². The summed E-state index contributed by atoms with van der Waals surface area (Å²) < 4.78 is 58.0. The Labute approximate surface area is 218 Å². The summed E-state index contributed by atoms with van der Waals surface area (Å²) in [6, 6.07) is 12.3. The minimum Gasteiger partial charge on any atom is -0.490 e. The Morgan fingerprint density at radius 1 is 1.00 bits per heavy atom. The van der Waals surface area contributed by atoms with Crippen molar-refractivity contribution in [3.05, 3.63) is 59.9 Å². The third-order valence-electron chi connectivity index (χ3n) is 5.93. The number of rotatable bonds is 8. The van der Waals surface area contributed by atoms with Gasteiger partial charge in [0.15, 0.2) is 6.61 Å². The zero-order valence-corrected chi connectivity index (χ0v) is 22.2. The highest BCUT2D eigenvalue weighted by atomic mass is 19.4. The van der Waals surface area contributed by atoms with Crippen LogP contribution in [0.2, 0.25) is 0 Å². The Kier molecular flexibility index (Phi) is 14.3. The standard InChI is InChI=1S/C15H19FO3.C9H9F3O.C5H12/c1-11(17)12-5-7-15(18,8-6-12)10-19-14-4-2-3-13(16)9-14;1-7-2-4-8(5-3-7)13-6-9(10,11)12;1-3-5-4-2/h2-4,9,12,18H,5-8,10H2,1H3;2-5H,6H2,1H3;3-5H2,1-2H3. The summed E-state index contributed by atoms with van der Waals surface area (Å²) in [6.07, 6.45) is 2.29. The van der Waals surface area contributed by atoms with Crippen molar-refractivity contribution in [3.63, 3.8) is 0 Å². The Morgan fingerprint density at radius 2 is 1.59 bits per heavy atom. The second kappa shape index (κ2) is 16.3. The second-order valence-electron chi connectivity index (χ2n) is 9.43. The third kappa shape index (κ3) is 14.6. The predicted octanol–water partition coefficient (Wildman–Crippen LogP) is 7.85. The fourth-order valence-corrected chi connectivity index (χ4v) is 3.63. The lowest BCUT2D eigenvalue weighted by molar-refractivity contribution is -0.153. The number of carbonyl (C=O) groups is 1. The first kappa shape index (κ1) is 32.4. The molecule has 2 aromatic rings. The van der Waals surface area contributed by atoms with Gasteiger partial charge in [-0.3, -0.25) is 4.79 Å². The summed E-state index contributed by atoms with van der Waals surface area (Å²) in [5.74, 6) is 0.553. The first-order valence-electron chi connectivity index (χ1n) is 12.7. The number of hydrogen-bond donors (Lipinski definition) is 1. The number of hydrogen-bond acceptors (Lipinski definition) is 4. The molecule has 0 heterocycles. The molecular weight excluding hydrogens is 488 g/mol. The van der Waals surface area contributed by atoms with Crippen LogP contribution in [-0.2, 0) is 4.79 Å². The minimum absolute atomic E-state index is 0.0643. The number of unbranched alkanes of at least 4 members (excludes halogenated alkanes) is 2. The van der Waals surface area contributed by atoms with Crippen molar-refractivity contribution >= 4 is 5.78 Å². The van der Waals surface area contributed by atoms with Crippen molar-refractivity contribution < 1.29 is 36.9 Å². The van der Waals surface area contributed by atoms with E-state index >= 15 is 0 Å². The maximum Gasteiger partial charge on any atom is 0.422 e. The molecular formula is C29H40F4O4. The van der Waals surface area contributed by atoms with E-state index in [0.29, 0.717) is 31.4 Å². The van der Waals surface area contributed by atoms with Crippen molar-refractivity contribution in [2.24, 2.45) is 5.92 Å². The number of aryl methyl sites for hydroxylation is 1. The highest BCUT2D eigenvalue weighted by molar-refractivity contribution is 5.78. The molecule has 0 atom stereocenters. The van der Waals surface area contributed by atoms with Crippen LogP contribution < -0.4 is 9.47 Å². The Balaban J connectivity index is 0.000000329. The molecule has 0 radical (unpaired) electrons. The van der Waals surface area contributed by atoms with Gasteiger partial charge >= 0.3 is 6.18 Å². The number of aliphatic hydroxyl groups is 1. The van der Waals surface area contributed by atoms with Crippen LogP contribution in [0.1, 0.15) is 71.3 Å². The summed E-state index contributed by atoms with van der Waals surface area (Å²) in [5, 5.41) is 10.4. The molecule has 3 rings (SSSR count). The fraction of sp³-hybridized carbons (Fsp3) is 0.552. The van der Waals surface area contributed by atoms with Gasteiger partial charge < -0.3 is 14.6 Å². The minimum atomic E-state index is -4.27. The fourth-order valence-electron chi connectivity index (χ4n) is 3.63. The van der Waals surface area contributed by atoms with Crippen molar-refractivity contribution in [2.75, 3.05) is 13.2 Å². The number of ether oxygens (including phenoxy) is 2. The number of benzene rings is 2. The number of alkyl halides is 3. The van der Waals surface area contributed by atoms with Crippen LogP contribution in [0, 0.1) is 18.7 Å². The van der Waals surface area contributed by atoms with Crippen LogP contribution in [0.25, 0.3) is 0 Å². The molecule has 1 aliphatic rings. The van der Waals surface area contributed by atoms with E-state index < -0.39 is 18.4 Å². The van der Waals surface area contributed by atoms with Gasteiger partial charge in [-0.15, -0.1) is 0 Å². The highest BCUT2D eigenvalue weighted by Gasteiger charge is 2.35. The zero-order chi connectivity index (χ0) is 27.9. The van der Waals surface area contributed by atoms with Crippen LogP contribution in [0.5, 0.6) is 11.5 Å². The summed E-state index contributed by atoms with van der Waals surface area (Å²) in [5.41, 5.74) is 0.0810. The van der Waals surface area contributed by atoms with Crippen LogP contribution >= 0.6 is 0 Å². The van der Waals surface area contributed by atoms with Crippen molar-refractivity contribution in [2.45, 2.75) is 84.4 Å². The second-order valence-corrected chi connectivity index (χ2v) is 9.43. The molecule has 1 fully saturated rings. The molecule has 0 amide bonds. The van der Waals surface area contributed by atoms with E-state index in [1.165, 1.54) is 43.5 Å². The molecule has 1 saturated carbocycles. The van der Waals surface area contributed by atoms with Crippen molar-refractivity contribution in [1.82, 2.24) is 0 Å².